The van der Waals surface area contributed by atoms with Crippen LogP contribution in [0.3, 0.4) is 0 Å². The Bertz CT molecular complexity index is 987. The van der Waals surface area contributed by atoms with E-state index in [9.17, 15) is 4.79 Å². The summed E-state index contributed by atoms with van der Waals surface area (Å²) in [6.45, 7) is 1.59. The highest BCUT2D eigenvalue weighted by Gasteiger charge is 2.25. The molecule has 1 fully saturated rings. The molecule has 4 nitrogen and oxygen atoms in total. The number of likely N-dealkylation sites (tertiary alicyclic amines) is 1. The van der Waals surface area contributed by atoms with Crippen molar-refractivity contribution in [3.8, 4) is 17.0 Å². The summed E-state index contributed by atoms with van der Waals surface area (Å²) in [4.78, 5) is 19.8. The van der Waals surface area contributed by atoms with E-state index < -0.39 is 0 Å². The molecular weight excluding hydrogens is 372 g/mol. The number of carbonyl (C=O) groups is 1. The number of nitrogens with zero attached hydrogens (tertiary/aromatic N) is 2. The van der Waals surface area contributed by atoms with Crippen LogP contribution in [0.5, 0.6) is 5.75 Å². The molecule has 1 aliphatic heterocycles. The van der Waals surface area contributed by atoms with Crippen LogP contribution in [0, 0.1) is 0 Å². The molecule has 1 atom stereocenters. The van der Waals surface area contributed by atoms with Gasteiger partial charge in [0.05, 0.1) is 12.8 Å². The average molecular weight is 401 g/mol. The monoisotopic (exact) mass is 400 g/mol. The Morgan fingerprint density at radius 2 is 1.83 bits per heavy atom. The SMILES string of the molecule is COc1ccccc1-c1cccc(C2CCCN(C(=O)CCc3ccccc3)C2)n1. The Kier molecular flexibility index (Phi) is 6.43. The summed E-state index contributed by atoms with van der Waals surface area (Å²) < 4.78 is 5.50. The van der Waals surface area contributed by atoms with Gasteiger partial charge >= 0.3 is 0 Å². The smallest absolute Gasteiger partial charge is 0.222 e. The summed E-state index contributed by atoms with van der Waals surface area (Å²) in [5.74, 6) is 1.34. The fourth-order valence-corrected chi connectivity index (χ4v) is 4.18. The number of methoxy groups -OCH3 is 1. The number of hydrogen-bond donors (Lipinski definition) is 0. The van der Waals surface area contributed by atoms with Gasteiger partial charge in [0.15, 0.2) is 0 Å². The van der Waals surface area contributed by atoms with Gasteiger partial charge in [-0.3, -0.25) is 9.78 Å². The highest BCUT2D eigenvalue weighted by molar-refractivity contribution is 5.76. The minimum atomic E-state index is 0.240. The Balaban J connectivity index is 1.45. The summed E-state index contributed by atoms with van der Waals surface area (Å²) in [6, 6.07) is 24.3. The number of hydrogen-bond acceptors (Lipinski definition) is 3. The average Bonchev–Trinajstić information content (AvgIpc) is 2.83. The Hall–Kier alpha value is -3.14. The maximum atomic E-state index is 12.8. The molecule has 1 aliphatic rings. The predicted octanol–water partition coefficient (Wildman–Crippen LogP) is 5.10. The number of piperidine rings is 1. The standard InChI is InChI=1S/C26H28N2O2/c1-30-25-15-6-5-12-22(25)24-14-7-13-23(27-24)21-11-8-18-28(19-21)26(29)17-16-20-9-3-2-4-10-20/h2-7,9-10,12-15,21H,8,11,16-19H2,1H3. The molecule has 0 aliphatic carbocycles. The molecule has 2 aromatic carbocycles. The fraction of sp³-hybridized carbons (Fsp3) is 0.308. The summed E-state index contributed by atoms with van der Waals surface area (Å²) in [7, 11) is 1.68. The lowest BCUT2D eigenvalue weighted by atomic mass is 9.93. The fourth-order valence-electron chi connectivity index (χ4n) is 4.18. The third-order valence-corrected chi connectivity index (χ3v) is 5.82. The van der Waals surface area contributed by atoms with Crippen molar-refractivity contribution in [3.05, 3.63) is 84.1 Å². The lowest BCUT2D eigenvalue weighted by Gasteiger charge is -2.32. The largest absolute Gasteiger partial charge is 0.496 e. The van der Waals surface area contributed by atoms with E-state index in [2.05, 4.69) is 24.3 Å². The van der Waals surface area contributed by atoms with Crippen molar-refractivity contribution in [1.29, 1.82) is 0 Å². The number of aryl methyl sites for hydroxylation is 1. The van der Waals surface area contributed by atoms with Crippen LogP contribution in [0.15, 0.2) is 72.8 Å². The minimum absolute atomic E-state index is 0.240. The molecule has 4 heteroatoms. The number of rotatable bonds is 6. The first-order valence-electron chi connectivity index (χ1n) is 10.7. The van der Waals surface area contributed by atoms with Crippen molar-refractivity contribution in [2.75, 3.05) is 20.2 Å². The van der Waals surface area contributed by atoms with E-state index >= 15 is 0 Å². The Labute approximate surface area is 178 Å². The maximum Gasteiger partial charge on any atom is 0.222 e. The molecule has 0 spiro atoms. The van der Waals surface area contributed by atoms with Crippen LogP contribution in [0.2, 0.25) is 0 Å². The molecule has 1 aromatic heterocycles. The van der Waals surface area contributed by atoms with Crippen molar-refractivity contribution in [1.82, 2.24) is 9.88 Å². The number of carbonyl (C=O) groups excluding carboxylic acids is 1. The van der Waals surface area contributed by atoms with E-state index in [0.717, 1.165) is 55.1 Å². The van der Waals surface area contributed by atoms with Crippen molar-refractivity contribution in [2.24, 2.45) is 0 Å². The van der Waals surface area contributed by atoms with E-state index in [-0.39, 0.29) is 11.8 Å². The molecule has 2 heterocycles. The zero-order valence-corrected chi connectivity index (χ0v) is 17.5. The van der Waals surface area contributed by atoms with E-state index in [1.165, 1.54) is 5.56 Å². The molecule has 0 radical (unpaired) electrons. The van der Waals surface area contributed by atoms with Gasteiger partial charge in [0, 0.05) is 36.7 Å². The van der Waals surface area contributed by atoms with E-state index in [4.69, 9.17) is 9.72 Å². The minimum Gasteiger partial charge on any atom is -0.496 e. The van der Waals surface area contributed by atoms with Crippen molar-refractivity contribution in [2.45, 2.75) is 31.6 Å². The highest BCUT2D eigenvalue weighted by Crippen LogP contribution is 2.31. The van der Waals surface area contributed by atoms with Crippen LogP contribution in [0.1, 0.15) is 36.4 Å². The van der Waals surface area contributed by atoms with Gasteiger partial charge in [-0.05, 0) is 49.1 Å². The first-order valence-corrected chi connectivity index (χ1v) is 10.7. The van der Waals surface area contributed by atoms with E-state index in [1.807, 2.05) is 53.4 Å². The van der Waals surface area contributed by atoms with E-state index in [0.29, 0.717) is 6.42 Å². The molecular formula is C26H28N2O2. The quantitative estimate of drug-likeness (QED) is 0.578. The molecule has 0 bridgehead atoms. The Morgan fingerprint density at radius 1 is 1.03 bits per heavy atom. The van der Waals surface area contributed by atoms with Gasteiger partial charge in [0.2, 0.25) is 5.91 Å². The zero-order chi connectivity index (χ0) is 20.8. The van der Waals surface area contributed by atoms with Crippen LogP contribution in [-0.4, -0.2) is 36.0 Å². The first-order chi connectivity index (χ1) is 14.7. The second kappa shape index (κ2) is 9.57. The molecule has 154 valence electrons. The van der Waals surface area contributed by atoms with Crippen LogP contribution in [-0.2, 0) is 11.2 Å². The summed E-state index contributed by atoms with van der Waals surface area (Å²) in [5.41, 5.74) is 4.18. The zero-order valence-electron chi connectivity index (χ0n) is 17.5. The van der Waals surface area contributed by atoms with Crippen LogP contribution in [0.25, 0.3) is 11.3 Å². The maximum absolute atomic E-state index is 12.8. The van der Waals surface area contributed by atoms with Crippen LogP contribution < -0.4 is 4.74 Å². The molecule has 0 saturated carbocycles. The highest BCUT2D eigenvalue weighted by atomic mass is 16.5. The second-order valence-electron chi connectivity index (χ2n) is 7.81. The lowest BCUT2D eigenvalue weighted by Crippen LogP contribution is -2.39. The molecule has 1 unspecified atom stereocenters. The molecule has 30 heavy (non-hydrogen) atoms. The normalized spacial score (nSPS) is 16.3. The summed E-state index contributed by atoms with van der Waals surface area (Å²) in [5, 5.41) is 0. The number of benzene rings is 2. The predicted molar refractivity (Wildman–Crippen MR) is 120 cm³/mol. The van der Waals surface area contributed by atoms with Crippen molar-refractivity contribution >= 4 is 5.91 Å². The third kappa shape index (κ3) is 4.70. The van der Waals surface area contributed by atoms with Crippen molar-refractivity contribution in [3.63, 3.8) is 0 Å². The number of amides is 1. The number of ether oxygens (including phenoxy) is 1. The summed E-state index contributed by atoms with van der Waals surface area (Å²) >= 11 is 0. The van der Waals surface area contributed by atoms with Crippen LogP contribution >= 0.6 is 0 Å². The van der Waals surface area contributed by atoms with Crippen LogP contribution in [0.4, 0.5) is 0 Å². The van der Waals surface area contributed by atoms with Gasteiger partial charge in [-0.2, -0.15) is 0 Å². The van der Waals surface area contributed by atoms with Gasteiger partial charge in [0.1, 0.15) is 5.75 Å². The molecule has 4 rings (SSSR count). The topological polar surface area (TPSA) is 42.4 Å². The lowest BCUT2D eigenvalue weighted by molar-refractivity contribution is -0.132. The van der Waals surface area contributed by atoms with Gasteiger partial charge in [0.25, 0.3) is 0 Å². The number of aromatic nitrogens is 1. The van der Waals surface area contributed by atoms with Crippen molar-refractivity contribution < 1.29 is 9.53 Å². The molecule has 3 aromatic rings. The number of para-hydroxylation sites is 1. The first kappa shape index (κ1) is 20.1. The number of pyridine rings is 1. The van der Waals surface area contributed by atoms with Gasteiger partial charge < -0.3 is 9.64 Å². The van der Waals surface area contributed by atoms with E-state index in [1.54, 1.807) is 7.11 Å². The summed E-state index contributed by atoms with van der Waals surface area (Å²) in [6.07, 6.45) is 3.43. The Morgan fingerprint density at radius 3 is 2.67 bits per heavy atom. The third-order valence-electron chi connectivity index (χ3n) is 5.82. The van der Waals surface area contributed by atoms with Gasteiger partial charge in [-0.15, -0.1) is 0 Å². The molecule has 0 N–H and O–H groups in total. The molecule has 1 amide bonds. The second-order valence-corrected chi connectivity index (χ2v) is 7.81. The van der Waals surface area contributed by atoms with Gasteiger partial charge in [-0.25, -0.2) is 0 Å². The van der Waals surface area contributed by atoms with Gasteiger partial charge in [-0.1, -0.05) is 48.5 Å². The molecule has 1 saturated heterocycles.